The molecule has 0 saturated heterocycles. The fourth-order valence-electron chi connectivity index (χ4n) is 2.59. The van der Waals surface area contributed by atoms with Crippen molar-refractivity contribution in [2.24, 2.45) is 0 Å². The molecule has 0 aliphatic heterocycles. The van der Waals surface area contributed by atoms with E-state index < -0.39 is 5.82 Å². The fourth-order valence-corrected chi connectivity index (χ4v) is 3.00. The van der Waals surface area contributed by atoms with Gasteiger partial charge in [-0.25, -0.2) is 4.39 Å². The van der Waals surface area contributed by atoms with Crippen LogP contribution in [0.25, 0.3) is 0 Å². The van der Waals surface area contributed by atoms with E-state index in [1.807, 2.05) is 6.07 Å². The lowest BCUT2D eigenvalue weighted by atomic mass is 10.1. The molecule has 0 heterocycles. The molecule has 0 bridgehead atoms. The van der Waals surface area contributed by atoms with Crippen LogP contribution in [0.3, 0.4) is 0 Å². The lowest BCUT2D eigenvalue weighted by Gasteiger charge is -2.13. The molecule has 3 rings (SSSR count). The summed E-state index contributed by atoms with van der Waals surface area (Å²) < 4.78 is 25.8. The van der Waals surface area contributed by atoms with Crippen LogP contribution in [0.5, 0.6) is 11.5 Å². The van der Waals surface area contributed by atoms with Gasteiger partial charge in [0.1, 0.15) is 5.75 Å². The minimum atomic E-state index is -0.777. The van der Waals surface area contributed by atoms with Crippen molar-refractivity contribution in [3.63, 3.8) is 0 Å². The Morgan fingerprint density at radius 2 is 1.77 bits per heavy atom. The van der Waals surface area contributed by atoms with Crippen molar-refractivity contribution >= 4 is 35.0 Å². The SMILES string of the molecule is N#Cc1cc(Cl)cc(Oc2c(Cl)ccc(CC(=N)OC(=N)c3ccccc3)c2F)c1. The van der Waals surface area contributed by atoms with Gasteiger partial charge in [-0.3, -0.25) is 10.8 Å². The zero-order valence-electron chi connectivity index (χ0n) is 15.4. The summed E-state index contributed by atoms with van der Waals surface area (Å²) >= 11 is 12.0. The summed E-state index contributed by atoms with van der Waals surface area (Å²) in [7, 11) is 0. The van der Waals surface area contributed by atoms with E-state index in [-0.39, 0.29) is 50.9 Å². The molecule has 0 unspecified atom stereocenters. The quantitative estimate of drug-likeness (QED) is 0.356. The number of nitrogens with zero attached hydrogens (tertiary/aromatic N) is 1. The van der Waals surface area contributed by atoms with Crippen molar-refractivity contribution in [1.29, 1.82) is 16.1 Å². The molecule has 3 aromatic rings. The Morgan fingerprint density at radius 3 is 2.47 bits per heavy atom. The zero-order chi connectivity index (χ0) is 21.7. The summed E-state index contributed by atoms with van der Waals surface area (Å²) in [5.41, 5.74) is 0.847. The maximum Gasteiger partial charge on any atom is 0.220 e. The number of nitrogens with one attached hydrogen (secondary N) is 2. The van der Waals surface area contributed by atoms with Crippen LogP contribution in [-0.2, 0) is 11.2 Å². The largest absolute Gasteiger partial charge is 0.453 e. The summed E-state index contributed by atoms with van der Waals surface area (Å²) in [6.07, 6.45) is -0.215. The Hall–Kier alpha value is -3.40. The topological polar surface area (TPSA) is 89.9 Å². The molecule has 0 spiro atoms. The van der Waals surface area contributed by atoms with E-state index in [2.05, 4.69) is 0 Å². The summed E-state index contributed by atoms with van der Waals surface area (Å²) in [5, 5.41) is 25.2. The highest BCUT2D eigenvalue weighted by Crippen LogP contribution is 2.35. The van der Waals surface area contributed by atoms with Gasteiger partial charge in [0.2, 0.25) is 5.90 Å². The third-order valence-electron chi connectivity index (χ3n) is 3.96. The van der Waals surface area contributed by atoms with E-state index in [9.17, 15) is 0 Å². The molecule has 0 amide bonds. The van der Waals surface area contributed by atoms with Crippen molar-refractivity contribution in [1.82, 2.24) is 0 Å². The number of hydrogen-bond acceptors (Lipinski definition) is 5. The van der Waals surface area contributed by atoms with Gasteiger partial charge in [0.15, 0.2) is 17.5 Å². The number of ether oxygens (including phenoxy) is 2. The predicted molar refractivity (Wildman–Crippen MR) is 113 cm³/mol. The van der Waals surface area contributed by atoms with Gasteiger partial charge in [-0.15, -0.1) is 0 Å². The predicted octanol–water partition coefficient (Wildman–Crippen LogP) is 6.36. The van der Waals surface area contributed by atoms with Gasteiger partial charge in [-0.1, -0.05) is 47.5 Å². The highest BCUT2D eigenvalue weighted by Gasteiger charge is 2.18. The normalized spacial score (nSPS) is 10.2. The van der Waals surface area contributed by atoms with Crippen LogP contribution >= 0.6 is 23.2 Å². The fraction of sp³-hybridized carbons (Fsp3) is 0.0455. The van der Waals surface area contributed by atoms with E-state index in [4.69, 9.17) is 48.8 Å². The molecule has 0 aliphatic carbocycles. The van der Waals surface area contributed by atoms with Crippen LogP contribution in [0.1, 0.15) is 16.7 Å². The summed E-state index contributed by atoms with van der Waals surface area (Å²) in [6, 6.07) is 17.7. The van der Waals surface area contributed by atoms with E-state index in [1.165, 1.54) is 30.3 Å². The van der Waals surface area contributed by atoms with Gasteiger partial charge >= 0.3 is 0 Å². The molecule has 2 N–H and O–H groups in total. The zero-order valence-corrected chi connectivity index (χ0v) is 16.9. The molecular weight excluding hydrogens is 428 g/mol. The van der Waals surface area contributed by atoms with Crippen LogP contribution in [0.2, 0.25) is 10.0 Å². The highest BCUT2D eigenvalue weighted by atomic mass is 35.5. The standard InChI is InChI=1S/C22H14Cl2FN3O2/c23-16-8-13(12-26)9-17(11-16)29-21-18(24)7-6-15(20(21)25)10-19(27)30-22(28)14-4-2-1-3-5-14/h1-9,11,27-28H,10H2. The second-order valence-corrected chi connectivity index (χ2v) is 6.98. The first-order valence-electron chi connectivity index (χ1n) is 8.62. The Kier molecular flexibility index (Phi) is 6.68. The van der Waals surface area contributed by atoms with Crippen LogP contribution in [-0.4, -0.2) is 11.8 Å². The molecule has 3 aromatic carbocycles. The van der Waals surface area contributed by atoms with Gasteiger partial charge in [0.05, 0.1) is 23.1 Å². The van der Waals surface area contributed by atoms with E-state index in [0.29, 0.717) is 5.56 Å². The average molecular weight is 442 g/mol. The van der Waals surface area contributed by atoms with Gasteiger partial charge < -0.3 is 9.47 Å². The molecule has 30 heavy (non-hydrogen) atoms. The summed E-state index contributed by atoms with van der Waals surface area (Å²) in [4.78, 5) is 0. The summed E-state index contributed by atoms with van der Waals surface area (Å²) in [5.74, 6) is -1.42. The van der Waals surface area contributed by atoms with Crippen LogP contribution in [0.15, 0.2) is 60.7 Å². The minimum absolute atomic E-state index is 0.0132. The highest BCUT2D eigenvalue weighted by molar-refractivity contribution is 6.32. The third-order valence-corrected chi connectivity index (χ3v) is 4.48. The Labute approximate surface area is 182 Å². The number of rotatable bonds is 5. The number of halogens is 3. The maximum absolute atomic E-state index is 15.0. The van der Waals surface area contributed by atoms with Crippen LogP contribution in [0.4, 0.5) is 4.39 Å². The smallest absolute Gasteiger partial charge is 0.220 e. The van der Waals surface area contributed by atoms with Gasteiger partial charge in [-0.05, 0) is 36.4 Å². The Bertz CT molecular complexity index is 1160. The van der Waals surface area contributed by atoms with Crippen molar-refractivity contribution in [2.75, 3.05) is 0 Å². The first-order chi connectivity index (χ1) is 14.4. The molecule has 0 aromatic heterocycles. The molecule has 8 heteroatoms. The van der Waals surface area contributed by atoms with Gasteiger partial charge in [0, 0.05) is 16.1 Å². The Morgan fingerprint density at radius 1 is 1.03 bits per heavy atom. The van der Waals surface area contributed by atoms with Crippen molar-refractivity contribution in [3.8, 4) is 17.6 Å². The lowest BCUT2D eigenvalue weighted by molar-refractivity contribution is 0.438. The van der Waals surface area contributed by atoms with Crippen molar-refractivity contribution < 1.29 is 13.9 Å². The second-order valence-electron chi connectivity index (χ2n) is 6.14. The first-order valence-corrected chi connectivity index (χ1v) is 9.37. The van der Waals surface area contributed by atoms with Gasteiger partial charge in [-0.2, -0.15) is 5.26 Å². The molecule has 0 saturated carbocycles. The molecule has 0 radical (unpaired) electrons. The number of nitriles is 1. The van der Waals surface area contributed by atoms with E-state index in [0.717, 1.165) is 0 Å². The summed E-state index contributed by atoms with van der Waals surface area (Å²) in [6.45, 7) is 0. The van der Waals surface area contributed by atoms with E-state index >= 15 is 4.39 Å². The third kappa shape index (κ3) is 5.15. The van der Waals surface area contributed by atoms with Crippen molar-refractivity contribution in [3.05, 3.63) is 93.2 Å². The monoisotopic (exact) mass is 441 g/mol. The van der Waals surface area contributed by atoms with E-state index in [1.54, 1.807) is 30.3 Å². The minimum Gasteiger partial charge on any atom is -0.453 e. The van der Waals surface area contributed by atoms with Crippen molar-refractivity contribution in [2.45, 2.75) is 6.42 Å². The first kappa shape index (κ1) is 21.3. The lowest BCUT2D eigenvalue weighted by Crippen LogP contribution is -2.14. The van der Waals surface area contributed by atoms with Gasteiger partial charge in [0.25, 0.3) is 0 Å². The molecule has 0 atom stereocenters. The molecule has 5 nitrogen and oxygen atoms in total. The molecular formula is C22H14Cl2FN3O2. The second kappa shape index (κ2) is 9.40. The maximum atomic E-state index is 15.0. The molecule has 150 valence electrons. The number of benzene rings is 3. The number of hydrogen-bond donors (Lipinski definition) is 2. The van der Waals surface area contributed by atoms with Crippen LogP contribution in [0, 0.1) is 28.0 Å². The average Bonchev–Trinajstić information content (AvgIpc) is 2.73. The van der Waals surface area contributed by atoms with Crippen LogP contribution < -0.4 is 4.74 Å². The molecule has 0 aliphatic rings. The molecule has 0 fully saturated rings. The Balaban J connectivity index is 1.79.